The maximum atomic E-state index is 6.30. The van der Waals surface area contributed by atoms with Crippen LogP contribution in [-0.2, 0) is 18.4 Å². The van der Waals surface area contributed by atoms with Crippen LogP contribution in [0.1, 0.15) is 49.1 Å². The second-order valence-corrected chi connectivity index (χ2v) is 4.90. The van der Waals surface area contributed by atoms with E-state index in [0.29, 0.717) is 0 Å². The van der Waals surface area contributed by atoms with Gasteiger partial charge in [0.1, 0.15) is 0 Å². The van der Waals surface area contributed by atoms with Crippen LogP contribution in [0.3, 0.4) is 0 Å². The molecule has 0 amide bonds. The third-order valence-electron chi connectivity index (χ3n) is 3.90. The summed E-state index contributed by atoms with van der Waals surface area (Å²) in [6.07, 6.45) is 8.78. The molecule has 0 saturated heterocycles. The van der Waals surface area contributed by atoms with E-state index < -0.39 is 0 Å². The molecule has 1 aromatic rings. The molecule has 0 aliphatic heterocycles. The van der Waals surface area contributed by atoms with Crippen molar-refractivity contribution in [1.82, 2.24) is 4.98 Å². The molecule has 0 spiro atoms. The molecule has 0 radical (unpaired) electrons. The molecule has 76 valence electrons. The molecule has 0 unspecified atom stereocenters. The van der Waals surface area contributed by atoms with Gasteiger partial charge in [0, 0.05) is 11.4 Å². The molecular formula is C12H18N2. The number of fused-ring (bicyclic) bond motifs is 1. The molecule has 2 aliphatic carbocycles. The highest BCUT2D eigenvalue weighted by Gasteiger charge is 2.36. The van der Waals surface area contributed by atoms with E-state index in [1.54, 1.807) is 0 Å². The first-order valence-electron chi connectivity index (χ1n) is 5.78. The fraction of sp³-hybridized carbons (Fsp3) is 0.667. The molecule has 3 rings (SSSR count). The van der Waals surface area contributed by atoms with Crippen LogP contribution < -0.4 is 5.73 Å². The number of hydrogen-bond acceptors (Lipinski definition) is 1. The van der Waals surface area contributed by atoms with Gasteiger partial charge < -0.3 is 10.7 Å². The zero-order valence-corrected chi connectivity index (χ0v) is 8.60. The van der Waals surface area contributed by atoms with Gasteiger partial charge in [-0.3, -0.25) is 0 Å². The maximum Gasteiger partial charge on any atom is 0.0561 e. The Hall–Kier alpha value is -0.760. The SMILES string of the molecule is NC1(c2cc3c([nH]2)CCCC3)CCC1. The largest absolute Gasteiger partial charge is 0.360 e. The Balaban J connectivity index is 1.95. The van der Waals surface area contributed by atoms with Gasteiger partial charge in [-0.1, -0.05) is 0 Å². The maximum absolute atomic E-state index is 6.30. The van der Waals surface area contributed by atoms with Gasteiger partial charge in [-0.05, 0) is 56.6 Å². The molecule has 3 N–H and O–H groups in total. The summed E-state index contributed by atoms with van der Waals surface area (Å²) in [6, 6.07) is 2.33. The number of nitrogens with one attached hydrogen (secondary N) is 1. The first-order valence-corrected chi connectivity index (χ1v) is 5.78. The van der Waals surface area contributed by atoms with E-state index >= 15 is 0 Å². The van der Waals surface area contributed by atoms with E-state index in [2.05, 4.69) is 11.1 Å². The van der Waals surface area contributed by atoms with Gasteiger partial charge in [0.25, 0.3) is 0 Å². The first-order chi connectivity index (χ1) is 6.78. The normalized spacial score (nSPS) is 24.1. The lowest BCUT2D eigenvalue weighted by Crippen LogP contribution is -2.43. The van der Waals surface area contributed by atoms with Crippen LogP contribution in [-0.4, -0.2) is 4.98 Å². The predicted octanol–water partition coefficient (Wildman–Crippen LogP) is 2.23. The second kappa shape index (κ2) is 2.86. The molecule has 2 aliphatic rings. The van der Waals surface area contributed by atoms with Crippen LogP contribution in [0.4, 0.5) is 0 Å². The lowest BCUT2D eigenvalue weighted by Gasteiger charge is -2.37. The Labute approximate surface area is 84.9 Å². The van der Waals surface area contributed by atoms with Crippen molar-refractivity contribution in [2.75, 3.05) is 0 Å². The number of rotatable bonds is 1. The summed E-state index contributed by atoms with van der Waals surface area (Å²) >= 11 is 0. The molecule has 0 bridgehead atoms. The van der Waals surface area contributed by atoms with Crippen molar-refractivity contribution in [1.29, 1.82) is 0 Å². The average molecular weight is 190 g/mol. The van der Waals surface area contributed by atoms with E-state index in [0.717, 1.165) is 12.8 Å². The smallest absolute Gasteiger partial charge is 0.0561 e. The summed E-state index contributed by atoms with van der Waals surface area (Å²) in [7, 11) is 0. The highest BCUT2D eigenvalue weighted by molar-refractivity contribution is 5.32. The zero-order chi connectivity index (χ0) is 9.60. The van der Waals surface area contributed by atoms with Crippen LogP contribution in [0.5, 0.6) is 0 Å². The summed E-state index contributed by atoms with van der Waals surface area (Å²) in [5, 5.41) is 0. The van der Waals surface area contributed by atoms with E-state index in [9.17, 15) is 0 Å². The highest BCUT2D eigenvalue weighted by atomic mass is 14.9. The Morgan fingerprint density at radius 1 is 1.14 bits per heavy atom. The van der Waals surface area contributed by atoms with Crippen molar-refractivity contribution in [3.8, 4) is 0 Å². The van der Waals surface area contributed by atoms with Crippen molar-refractivity contribution in [3.63, 3.8) is 0 Å². The molecule has 1 saturated carbocycles. The molecule has 1 fully saturated rings. The molecular weight excluding hydrogens is 172 g/mol. The fourth-order valence-electron chi connectivity index (χ4n) is 2.70. The molecule has 0 aromatic carbocycles. The summed E-state index contributed by atoms with van der Waals surface area (Å²) in [5.41, 5.74) is 10.6. The third kappa shape index (κ3) is 1.13. The minimum Gasteiger partial charge on any atom is -0.360 e. The highest BCUT2D eigenvalue weighted by Crippen LogP contribution is 2.39. The number of aromatic nitrogens is 1. The summed E-state index contributed by atoms with van der Waals surface area (Å²) in [5.74, 6) is 0. The zero-order valence-electron chi connectivity index (χ0n) is 8.60. The van der Waals surface area contributed by atoms with Gasteiger partial charge in [0.2, 0.25) is 0 Å². The van der Waals surface area contributed by atoms with Crippen molar-refractivity contribution < 1.29 is 0 Å². The standard InChI is InChI=1S/C12H18N2/c13-12(6-3-7-12)11-8-9-4-1-2-5-10(9)14-11/h8,14H,1-7,13H2. The van der Waals surface area contributed by atoms with Crippen molar-refractivity contribution in [3.05, 3.63) is 23.0 Å². The number of aryl methyl sites for hydroxylation is 2. The van der Waals surface area contributed by atoms with E-state index in [1.807, 2.05) is 0 Å². The summed E-state index contributed by atoms with van der Waals surface area (Å²) in [6.45, 7) is 0. The number of H-pyrrole nitrogens is 1. The summed E-state index contributed by atoms with van der Waals surface area (Å²) < 4.78 is 0. The van der Waals surface area contributed by atoms with Crippen LogP contribution in [0.15, 0.2) is 6.07 Å². The van der Waals surface area contributed by atoms with Gasteiger partial charge in [-0.25, -0.2) is 0 Å². The molecule has 0 atom stereocenters. The summed E-state index contributed by atoms with van der Waals surface area (Å²) in [4.78, 5) is 3.55. The van der Waals surface area contributed by atoms with Crippen molar-refractivity contribution in [2.24, 2.45) is 5.73 Å². The third-order valence-corrected chi connectivity index (χ3v) is 3.90. The quantitative estimate of drug-likeness (QED) is 0.700. The minimum atomic E-state index is -0.00264. The fourth-order valence-corrected chi connectivity index (χ4v) is 2.70. The number of hydrogen-bond donors (Lipinski definition) is 2. The Bertz CT molecular complexity index is 324. The van der Waals surface area contributed by atoms with Crippen LogP contribution >= 0.6 is 0 Å². The van der Waals surface area contributed by atoms with Gasteiger partial charge >= 0.3 is 0 Å². The molecule has 2 nitrogen and oxygen atoms in total. The van der Waals surface area contributed by atoms with Gasteiger partial charge in [0.05, 0.1) is 5.54 Å². The van der Waals surface area contributed by atoms with Crippen molar-refractivity contribution in [2.45, 2.75) is 50.5 Å². The van der Waals surface area contributed by atoms with Crippen LogP contribution in [0, 0.1) is 0 Å². The lowest BCUT2D eigenvalue weighted by molar-refractivity contribution is 0.247. The van der Waals surface area contributed by atoms with E-state index in [-0.39, 0.29) is 5.54 Å². The van der Waals surface area contributed by atoms with E-state index in [4.69, 9.17) is 5.73 Å². The first kappa shape index (κ1) is 8.54. The van der Waals surface area contributed by atoms with Crippen LogP contribution in [0.2, 0.25) is 0 Å². The molecule has 1 aromatic heterocycles. The van der Waals surface area contributed by atoms with Gasteiger partial charge in [-0.15, -0.1) is 0 Å². The molecule has 1 heterocycles. The predicted molar refractivity (Wildman–Crippen MR) is 57.2 cm³/mol. The number of aromatic amines is 1. The van der Waals surface area contributed by atoms with Gasteiger partial charge in [-0.2, -0.15) is 0 Å². The van der Waals surface area contributed by atoms with Crippen molar-refractivity contribution >= 4 is 0 Å². The average Bonchev–Trinajstić information content (AvgIpc) is 2.57. The van der Waals surface area contributed by atoms with E-state index in [1.165, 1.54) is 49.1 Å². The Morgan fingerprint density at radius 2 is 1.93 bits per heavy atom. The van der Waals surface area contributed by atoms with Gasteiger partial charge in [0.15, 0.2) is 0 Å². The van der Waals surface area contributed by atoms with Crippen LogP contribution in [0.25, 0.3) is 0 Å². The monoisotopic (exact) mass is 190 g/mol. The topological polar surface area (TPSA) is 41.8 Å². The molecule has 2 heteroatoms. The second-order valence-electron chi connectivity index (χ2n) is 4.90. The lowest BCUT2D eigenvalue weighted by atomic mass is 9.75. The molecule has 14 heavy (non-hydrogen) atoms. The number of nitrogens with two attached hydrogens (primary N) is 1. The minimum absolute atomic E-state index is 0.00264. The Kier molecular flexibility index (Phi) is 1.75. The Morgan fingerprint density at radius 3 is 2.57 bits per heavy atom.